The Balaban J connectivity index is 1.76. The molecule has 2 heterocycles. The Morgan fingerprint density at radius 2 is 1.94 bits per heavy atom. The number of phenols is 2. The number of nitrogens with one attached hydrogen (secondary N) is 1. The molecule has 160 valence electrons. The number of nitrogens with zero attached hydrogens (tertiary/aromatic N) is 2. The number of carbonyl (C=O) groups excluding carboxylic acids is 2. The summed E-state index contributed by atoms with van der Waals surface area (Å²) in [5.41, 5.74) is 1.91. The van der Waals surface area contributed by atoms with Crippen LogP contribution in [0.5, 0.6) is 11.5 Å². The summed E-state index contributed by atoms with van der Waals surface area (Å²) in [5.74, 6) is -1.78. The van der Waals surface area contributed by atoms with Crippen molar-refractivity contribution in [3.05, 3.63) is 64.2 Å². The van der Waals surface area contributed by atoms with Crippen molar-refractivity contribution in [1.82, 2.24) is 4.57 Å². The standard InChI is InChI=1S/C22H21N3O6/c1-12-6-7-16(20(28)19(12)27)22(29)31-11-18(26)24-21-17(9-23)13(2)14(3)25(21)10-15-5-4-8-30-15/h4-8,27-28H,10-11H2,1-3H3,(H,24,26). The summed E-state index contributed by atoms with van der Waals surface area (Å²) in [5, 5.41) is 31.8. The number of amides is 1. The molecular formula is C22H21N3O6. The molecule has 0 saturated heterocycles. The molecule has 3 aromatic rings. The number of ether oxygens (including phenoxy) is 1. The fourth-order valence-electron chi connectivity index (χ4n) is 3.11. The van der Waals surface area contributed by atoms with Gasteiger partial charge in [0.25, 0.3) is 5.91 Å². The SMILES string of the molecule is Cc1ccc(C(=O)OCC(=O)Nc2c(C#N)c(C)c(C)n2Cc2ccco2)c(O)c1O. The molecule has 0 saturated carbocycles. The quantitative estimate of drug-likeness (QED) is 0.409. The third kappa shape index (κ3) is 4.23. The molecular weight excluding hydrogens is 402 g/mol. The van der Waals surface area contributed by atoms with Crippen LogP contribution >= 0.6 is 0 Å². The van der Waals surface area contributed by atoms with E-state index in [1.807, 2.05) is 6.92 Å². The molecule has 3 rings (SSSR count). The first-order valence-corrected chi connectivity index (χ1v) is 9.35. The van der Waals surface area contributed by atoms with Crippen molar-refractivity contribution < 1.29 is 29.0 Å². The molecule has 1 amide bonds. The highest BCUT2D eigenvalue weighted by molar-refractivity contribution is 5.97. The first-order valence-electron chi connectivity index (χ1n) is 9.35. The Labute approximate surface area is 178 Å². The highest BCUT2D eigenvalue weighted by atomic mass is 16.5. The molecule has 0 spiro atoms. The minimum Gasteiger partial charge on any atom is -0.504 e. The predicted molar refractivity (Wildman–Crippen MR) is 110 cm³/mol. The second kappa shape index (κ2) is 8.67. The largest absolute Gasteiger partial charge is 0.504 e. The smallest absolute Gasteiger partial charge is 0.342 e. The zero-order valence-electron chi connectivity index (χ0n) is 17.2. The molecule has 0 aliphatic heterocycles. The normalized spacial score (nSPS) is 10.5. The molecule has 1 aromatic carbocycles. The predicted octanol–water partition coefficient (Wildman–Crippen LogP) is 3.13. The van der Waals surface area contributed by atoms with Gasteiger partial charge in [0.1, 0.15) is 23.2 Å². The maximum Gasteiger partial charge on any atom is 0.342 e. The van der Waals surface area contributed by atoms with E-state index in [0.29, 0.717) is 29.0 Å². The highest BCUT2D eigenvalue weighted by Crippen LogP contribution is 2.32. The molecule has 0 aliphatic carbocycles. The fourth-order valence-corrected chi connectivity index (χ4v) is 3.11. The van der Waals surface area contributed by atoms with E-state index in [0.717, 1.165) is 5.69 Å². The molecule has 3 N–H and O–H groups in total. The van der Waals surface area contributed by atoms with Crippen LogP contribution in [0.3, 0.4) is 0 Å². The summed E-state index contributed by atoms with van der Waals surface area (Å²) in [6.45, 7) is 4.80. The number of aromatic hydroxyl groups is 2. The maximum atomic E-state index is 12.5. The van der Waals surface area contributed by atoms with E-state index in [2.05, 4.69) is 11.4 Å². The first-order chi connectivity index (χ1) is 14.7. The molecule has 2 aromatic heterocycles. The topological polar surface area (TPSA) is 138 Å². The van der Waals surface area contributed by atoms with E-state index in [-0.39, 0.29) is 11.4 Å². The zero-order valence-corrected chi connectivity index (χ0v) is 17.2. The molecule has 0 bridgehead atoms. The van der Waals surface area contributed by atoms with Crippen molar-refractivity contribution in [2.75, 3.05) is 11.9 Å². The van der Waals surface area contributed by atoms with Gasteiger partial charge in [-0.1, -0.05) is 6.07 Å². The number of benzene rings is 1. The van der Waals surface area contributed by atoms with Crippen molar-refractivity contribution >= 4 is 17.7 Å². The van der Waals surface area contributed by atoms with Crippen LogP contribution in [-0.4, -0.2) is 33.3 Å². The summed E-state index contributed by atoms with van der Waals surface area (Å²) in [4.78, 5) is 24.7. The van der Waals surface area contributed by atoms with Crippen LogP contribution in [0.2, 0.25) is 0 Å². The minimum absolute atomic E-state index is 0.263. The summed E-state index contributed by atoms with van der Waals surface area (Å²) in [6, 6.07) is 8.33. The van der Waals surface area contributed by atoms with Gasteiger partial charge in [-0.2, -0.15) is 5.26 Å². The van der Waals surface area contributed by atoms with Gasteiger partial charge in [-0.05, 0) is 50.1 Å². The van der Waals surface area contributed by atoms with Crippen molar-refractivity contribution in [3.8, 4) is 17.6 Å². The van der Waals surface area contributed by atoms with Gasteiger partial charge in [0, 0.05) is 5.69 Å². The number of esters is 1. The van der Waals surface area contributed by atoms with Gasteiger partial charge >= 0.3 is 5.97 Å². The summed E-state index contributed by atoms with van der Waals surface area (Å²) in [6.07, 6.45) is 1.53. The lowest BCUT2D eigenvalue weighted by Crippen LogP contribution is -2.23. The number of furan rings is 1. The maximum absolute atomic E-state index is 12.5. The number of anilines is 1. The molecule has 0 fully saturated rings. The van der Waals surface area contributed by atoms with Gasteiger partial charge in [0.2, 0.25) is 0 Å². The van der Waals surface area contributed by atoms with E-state index in [4.69, 9.17) is 9.15 Å². The zero-order chi connectivity index (χ0) is 22.7. The number of aryl methyl sites for hydroxylation is 1. The molecule has 0 radical (unpaired) electrons. The molecule has 0 aliphatic rings. The van der Waals surface area contributed by atoms with E-state index in [1.165, 1.54) is 18.4 Å². The number of rotatable bonds is 6. The average Bonchev–Trinajstić information content (AvgIpc) is 3.33. The van der Waals surface area contributed by atoms with Crippen molar-refractivity contribution in [1.29, 1.82) is 5.26 Å². The van der Waals surface area contributed by atoms with Gasteiger partial charge in [-0.25, -0.2) is 4.79 Å². The van der Waals surface area contributed by atoms with Gasteiger partial charge in [-0.15, -0.1) is 0 Å². The van der Waals surface area contributed by atoms with E-state index in [1.54, 1.807) is 30.5 Å². The van der Waals surface area contributed by atoms with Crippen LogP contribution in [0.4, 0.5) is 5.82 Å². The highest BCUT2D eigenvalue weighted by Gasteiger charge is 2.22. The van der Waals surface area contributed by atoms with Crippen molar-refractivity contribution in [3.63, 3.8) is 0 Å². The Bertz CT molecular complexity index is 1190. The summed E-state index contributed by atoms with van der Waals surface area (Å²) < 4.78 is 12.1. The molecule has 0 unspecified atom stereocenters. The number of phenolic OH excluding ortho intramolecular Hbond substituents is 2. The molecule has 0 atom stereocenters. The Morgan fingerprint density at radius 1 is 1.19 bits per heavy atom. The van der Waals surface area contributed by atoms with Crippen LogP contribution < -0.4 is 5.32 Å². The second-order valence-corrected chi connectivity index (χ2v) is 6.96. The van der Waals surface area contributed by atoms with Crippen LogP contribution in [0.1, 0.15) is 38.5 Å². The average molecular weight is 423 g/mol. The third-order valence-electron chi connectivity index (χ3n) is 5.00. The lowest BCUT2D eigenvalue weighted by Gasteiger charge is -2.12. The van der Waals surface area contributed by atoms with E-state index < -0.39 is 30.0 Å². The van der Waals surface area contributed by atoms with Gasteiger partial charge < -0.3 is 29.3 Å². The van der Waals surface area contributed by atoms with Crippen LogP contribution in [-0.2, 0) is 16.1 Å². The van der Waals surface area contributed by atoms with Crippen LogP contribution in [0, 0.1) is 32.1 Å². The van der Waals surface area contributed by atoms with Gasteiger partial charge in [0.05, 0.1) is 18.4 Å². The fraction of sp³-hybridized carbons (Fsp3) is 0.227. The number of hydrogen-bond donors (Lipinski definition) is 3. The Kier molecular flexibility index (Phi) is 6.02. The number of nitriles is 1. The minimum atomic E-state index is -0.971. The lowest BCUT2D eigenvalue weighted by atomic mass is 10.1. The number of carbonyl (C=O) groups is 2. The van der Waals surface area contributed by atoms with Crippen molar-refractivity contribution in [2.24, 2.45) is 0 Å². The summed E-state index contributed by atoms with van der Waals surface area (Å²) in [7, 11) is 0. The Hall–Kier alpha value is -4.19. The molecule has 9 nitrogen and oxygen atoms in total. The monoisotopic (exact) mass is 423 g/mol. The Morgan fingerprint density at radius 3 is 2.58 bits per heavy atom. The van der Waals surface area contributed by atoms with E-state index >= 15 is 0 Å². The van der Waals surface area contributed by atoms with E-state index in [9.17, 15) is 25.1 Å². The van der Waals surface area contributed by atoms with Crippen molar-refractivity contribution in [2.45, 2.75) is 27.3 Å². The first kappa shape index (κ1) is 21.5. The molecule has 9 heteroatoms. The summed E-state index contributed by atoms with van der Waals surface area (Å²) >= 11 is 0. The number of aromatic nitrogens is 1. The number of hydrogen-bond acceptors (Lipinski definition) is 7. The van der Waals surface area contributed by atoms with Gasteiger partial charge in [0.15, 0.2) is 18.1 Å². The van der Waals surface area contributed by atoms with Gasteiger partial charge in [-0.3, -0.25) is 4.79 Å². The third-order valence-corrected chi connectivity index (χ3v) is 5.00. The second-order valence-electron chi connectivity index (χ2n) is 6.96. The molecule has 31 heavy (non-hydrogen) atoms. The van der Waals surface area contributed by atoms with Crippen LogP contribution in [0.25, 0.3) is 0 Å². The van der Waals surface area contributed by atoms with Crippen LogP contribution in [0.15, 0.2) is 34.9 Å². The lowest BCUT2D eigenvalue weighted by molar-refractivity contribution is -0.119.